The summed E-state index contributed by atoms with van der Waals surface area (Å²) in [5.74, 6) is 7.22. The molecule has 166 valence electrons. The van der Waals surface area contributed by atoms with Crippen LogP contribution in [0.15, 0.2) is 0 Å². The first kappa shape index (κ1) is 21.9. The zero-order chi connectivity index (χ0) is 20.8. The van der Waals surface area contributed by atoms with Gasteiger partial charge in [0, 0.05) is 12.8 Å². The van der Waals surface area contributed by atoms with Crippen LogP contribution in [0.4, 0.5) is 0 Å². The highest BCUT2D eigenvalue weighted by atomic mass is 16.1. The highest BCUT2D eigenvalue weighted by Crippen LogP contribution is 2.67. The van der Waals surface area contributed by atoms with Crippen LogP contribution in [0.1, 0.15) is 118 Å². The molecule has 1 nitrogen and oxygen atoms in total. The highest BCUT2D eigenvalue weighted by Gasteiger charge is 2.59. The Morgan fingerprint density at radius 2 is 1.55 bits per heavy atom. The van der Waals surface area contributed by atoms with Crippen LogP contribution in [0.2, 0.25) is 0 Å². The SMILES string of the molecule is CC(C)CCCC(C)C1CCC2C1CCC1C2CCC2(C)CCC(=O)CCC12C. The van der Waals surface area contributed by atoms with E-state index in [0.29, 0.717) is 16.6 Å². The van der Waals surface area contributed by atoms with Crippen molar-refractivity contribution < 1.29 is 4.79 Å². The molecular weight excluding hydrogens is 352 g/mol. The zero-order valence-corrected chi connectivity index (χ0v) is 20.1. The van der Waals surface area contributed by atoms with Gasteiger partial charge in [-0.15, -0.1) is 0 Å². The van der Waals surface area contributed by atoms with Crippen LogP contribution in [-0.2, 0) is 4.79 Å². The highest BCUT2D eigenvalue weighted by molar-refractivity contribution is 5.78. The molecule has 8 unspecified atom stereocenters. The summed E-state index contributed by atoms with van der Waals surface area (Å²) in [6.45, 7) is 12.5. The van der Waals surface area contributed by atoms with Gasteiger partial charge in [-0.25, -0.2) is 0 Å². The van der Waals surface area contributed by atoms with Crippen LogP contribution in [0.3, 0.4) is 0 Å². The van der Waals surface area contributed by atoms with Crippen LogP contribution in [0.25, 0.3) is 0 Å². The van der Waals surface area contributed by atoms with Crippen molar-refractivity contribution in [1.29, 1.82) is 0 Å². The van der Waals surface area contributed by atoms with E-state index in [1.807, 2.05) is 0 Å². The second-order valence-corrected chi connectivity index (χ2v) is 12.8. The fourth-order valence-corrected chi connectivity index (χ4v) is 9.01. The molecule has 0 aromatic heterocycles. The second kappa shape index (κ2) is 8.31. The number of carbonyl (C=O) groups excluding carboxylic acids is 1. The lowest BCUT2D eigenvalue weighted by Gasteiger charge is -2.61. The van der Waals surface area contributed by atoms with Gasteiger partial charge in [-0.1, -0.05) is 53.9 Å². The van der Waals surface area contributed by atoms with Crippen molar-refractivity contribution in [3.8, 4) is 0 Å². The molecule has 0 heterocycles. The Balaban J connectivity index is 1.46. The quantitative estimate of drug-likeness (QED) is 0.456. The first-order valence-electron chi connectivity index (χ1n) is 13.3. The van der Waals surface area contributed by atoms with E-state index in [0.717, 1.165) is 60.7 Å². The van der Waals surface area contributed by atoms with E-state index in [9.17, 15) is 4.79 Å². The Morgan fingerprint density at radius 3 is 2.31 bits per heavy atom. The lowest BCUT2D eigenvalue weighted by Crippen LogP contribution is -2.53. The van der Waals surface area contributed by atoms with E-state index in [4.69, 9.17) is 0 Å². The standard InChI is InChI=1S/C28H48O/c1-19(2)7-6-8-20(3)22-9-10-24-23(22)11-12-26-25(24)15-17-27(4)16-13-21(29)14-18-28(26,27)5/h19-20,22-26H,6-18H2,1-5H3. The monoisotopic (exact) mass is 400 g/mol. The summed E-state index contributed by atoms with van der Waals surface area (Å²) in [4.78, 5) is 12.3. The van der Waals surface area contributed by atoms with Gasteiger partial charge in [0.25, 0.3) is 0 Å². The summed E-state index contributed by atoms with van der Waals surface area (Å²) >= 11 is 0. The van der Waals surface area contributed by atoms with Crippen molar-refractivity contribution in [2.45, 2.75) is 118 Å². The van der Waals surface area contributed by atoms with Crippen molar-refractivity contribution in [3.05, 3.63) is 0 Å². The molecule has 0 saturated heterocycles. The average Bonchev–Trinajstić information content (AvgIpc) is 3.07. The van der Waals surface area contributed by atoms with E-state index in [1.54, 1.807) is 0 Å². The summed E-state index contributed by atoms with van der Waals surface area (Å²) < 4.78 is 0. The fraction of sp³-hybridized carbons (Fsp3) is 0.964. The molecule has 29 heavy (non-hydrogen) atoms. The predicted octanol–water partition coefficient (Wildman–Crippen LogP) is 8.07. The Hall–Kier alpha value is -0.330. The maximum atomic E-state index is 12.3. The van der Waals surface area contributed by atoms with E-state index < -0.39 is 0 Å². The molecule has 0 bridgehead atoms. The van der Waals surface area contributed by atoms with E-state index >= 15 is 0 Å². The molecule has 8 atom stereocenters. The summed E-state index contributed by atoms with van der Waals surface area (Å²) in [6, 6.07) is 0. The Kier molecular flexibility index (Phi) is 6.27. The minimum Gasteiger partial charge on any atom is -0.300 e. The molecule has 4 aliphatic rings. The van der Waals surface area contributed by atoms with Crippen LogP contribution < -0.4 is 0 Å². The number of ketones is 1. The predicted molar refractivity (Wildman–Crippen MR) is 123 cm³/mol. The van der Waals surface area contributed by atoms with Gasteiger partial charge >= 0.3 is 0 Å². The Bertz CT molecular complexity index is 593. The maximum absolute atomic E-state index is 12.3. The Morgan fingerprint density at radius 1 is 0.828 bits per heavy atom. The molecular formula is C28H48O. The fourth-order valence-electron chi connectivity index (χ4n) is 9.01. The summed E-state index contributed by atoms with van der Waals surface area (Å²) in [7, 11) is 0. The minimum absolute atomic E-state index is 0.411. The van der Waals surface area contributed by atoms with Gasteiger partial charge in [-0.2, -0.15) is 0 Å². The Labute approximate surface area is 181 Å². The molecule has 0 N–H and O–H groups in total. The molecule has 0 aromatic carbocycles. The van der Waals surface area contributed by atoms with Crippen LogP contribution >= 0.6 is 0 Å². The number of hydrogen-bond donors (Lipinski definition) is 0. The molecule has 4 aliphatic carbocycles. The molecule has 0 aromatic rings. The first-order valence-corrected chi connectivity index (χ1v) is 13.3. The average molecular weight is 401 g/mol. The van der Waals surface area contributed by atoms with Gasteiger partial charge in [0.1, 0.15) is 5.78 Å². The third-order valence-corrected chi connectivity index (χ3v) is 11.1. The zero-order valence-electron chi connectivity index (χ0n) is 20.1. The molecule has 4 rings (SSSR count). The molecule has 4 saturated carbocycles. The molecule has 0 aliphatic heterocycles. The maximum Gasteiger partial charge on any atom is 0.132 e. The summed E-state index contributed by atoms with van der Waals surface area (Å²) in [6.07, 6.45) is 17.2. The van der Waals surface area contributed by atoms with E-state index in [2.05, 4.69) is 34.6 Å². The van der Waals surface area contributed by atoms with Crippen LogP contribution in [0.5, 0.6) is 0 Å². The number of Topliss-reactive ketones (excluding diaryl/α,β-unsaturated/α-hetero) is 1. The van der Waals surface area contributed by atoms with Gasteiger partial charge in [-0.3, -0.25) is 4.79 Å². The third kappa shape index (κ3) is 3.87. The van der Waals surface area contributed by atoms with Gasteiger partial charge in [0.2, 0.25) is 0 Å². The van der Waals surface area contributed by atoms with Gasteiger partial charge < -0.3 is 0 Å². The van der Waals surface area contributed by atoms with Gasteiger partial charge in [0.15, 0.2) is 0 Å². The second-order valence-electron chi connectivity index (χ2n) is 12.8. The van der Waals surface area contributed by atoms with Crippen molar-refractivity contribution in [2.75, 3.05) is 0 Å². The van der Waals surface area contributed by atoms with E-state index in [-0.39, 0.29) is 0 Å². The smallest absolute Gasteiger partial charge is 0.132 e. The lowest BCUT2D eigenvalue weighted by atomic mass is 9.44. The largest absolute Gasteiger partial charge is 0.300 e. The van der Waals surface area contributed by atoms with Crippen molar-refractivity contribution in [2.24, 2.45) is 52.3 Å². The van der Waals surface area contributed by atoms with E-state index in [1.165, 1.54) is 64.2 Å². The van der Waals surface area contributed by atoms with Crippen LogP contribution in [-0.4, -0.2) is 5.78 Å². The van der Waals surface area contributed by atoms with Crippen molar-refractivity contribution in [3.63, 3.8) is 0 Å². The minimum atomic E-state index is 0.411. The van der Waals surface area contributed by atoms with Gasteiger partial charge in [-0.05, 0) is 104 Å². The number of fused-ring (bicyclic) bond motifs is 5. The van der Waals surface area contributed by atoms with Gasteiger partial charge in [0.05, 0.1) is 0 Å². The molecule has 0 amide bonds. The molecule has 1 heteroatoms. The van der Waals surface area contributed by atoms with Crippen molar-refractivity contribution >= 4 is 5.78 Å². The molecule has 0 spiro atoms. The molecule has 0 radical (unpaired) electrons. The summed E-state index contributed by atoms with van der Waals surface area (Å²) in [5, 5.41) is 0. The molecule has 4 fully saturated rings. The summed E-state index contributed by atoms with van der Waals surface area (Å²) in [5.41, 5.74) is 0.823. The topological polar surface area (TPSA) is 17.1 Å². The van der Waals surface area contributed by atoms with Crippen molar-refractivity contribution in [1.82, 2.24) is 0 Å². The number of hydrogen-bond acceptors (Lipinski definition) is 1. The number of carbonyl (C=O) groups is 1. The third-order valence-electron chi connectivity index (χ3n) is 11.1. The van der Waals surface area contributed by atoms with Crippen LogP contribution in [0, 0.1) is 52.3 Å². The first-order chi connectivity index (χ1) is 13.7. The number of rotatable bonds is 5. The normalized spacial score (nSPS) is 46.0. The lowest BCUT2D eigenvalue weighted by molar-refractivity contribution is -0.121.